The molecule has 0 aliphatic heterocycles. The van der Waals surface area contributed by atoms with Crippen molar-refractivity contribution in [3.8, 4) is 0 Å². The zero-order valence-corrected chi connectivity index (χ0v) is 24.4. The number of carbonyl (C=O) groups is 6. The molecule has 1 heterocycles. The third kappa shape index (κ3) is 10.1. The van der Waals surface area contributed by atoms with E-state index in [4.69, 9.17) is 9.84 Å². The lowest BCUT2D eigenvalue weighted by atomic mass is 10.00. The Balaban J connectivity index is 2.29. The molecule has 0 aliphatic carbocycles. The molecular weight excluding hydrogens is 550 g/mol. The van der Waals surface area contributed by atoms with Gasteiger partial charge in [-0.15, -0.1) is 0 Å². The molecule has 0 aliphatic rings. The molecule has 14 heteroatoms. The number of aliphatic carboxylic acids is 2. The lowest BCUT2D eigenvalue weighted by Gasteiger charge is -2.27. The van der Waals surface area contributed by atoms with E-state index in [1.165, 1.54) is 6.92 Å². The van der Waals surface area contributed by atoms with E-state index in [2.05, 4.69) is 26.3 Å². The molecule has 0 saturated carbocycles. The third-order valence-electron chi connectivity index (χ3n) is 6.10. The highest BCUT2D eigenvalue weighted by Gasteiger charge is 2.33. The second-order valence-electron chi connectivity index (χ2n) is 11.2. The summed E-state index contributed by atoms with van der Waals surface area (Å²) in [7, 11) is 0. The van der Waals surface area contributed by atoms with Crippen molar-refractivity contribution in [2.24, 2.45) is 5.92 Å². The maximum atomic E-state index is 13.6. The first-order chi connectivity index (χ1) is 19.5. The van der Waals surface area contributed by atoms with Crippen molar-refractivity contribution < 1.29 is 43.7 Å². The highest BCUT2D eigenvalue weighted by molar-refractivity contribution is 5.96. The van der Waals surface area contributed by atoms with Gasteiger partial charge in [-0.1, -0.05) is 32.0 Å². The second kappa shape index (κ2) is 14.3. The molecule has 0 unspecified atom stereocenters. The van der Waals surface area contributed by atoms with Crippen molar-refractivity contribution in [3.63, 3.8) is 0 Å². The van der Waals surface area contributed by atoms with Gasteiger partial charge in [0.25, 0.3) is 0 Å². The van der Waals surface area contributed by atoms with Gasteiger partial charge < -0.3 is 41.2 Å². The number of hydrogen-bond donors (Lipinski definition) is 7. The average Bonchev–Trinajstić information content (AvgIpc) is 3.27. The van der Waals surface area contributed by atoms with Crippen LogP contribution in [0, 0.1) is 5.92 Å². The van der Waals surface area contributed by atoms with E-state index < -0.39 is 77.9 Å². The van der Waals surface area contributed by atoms with Crippen molar-refractivity contribution in [3.05, 3.63) is 36.0 Å². The molecule has 7 N–H and O–H groups in total. The van der Waals surface area contributed by atoms with E-state index in [0.29, 0.717) is 5.56 Å². The molecular formula is C28H39N5O9. The lowest BCUT2D eigenvalue weighted by molar-refractivity contribution is -0.147. The molecule has 0 bridgehead atoms. The molecule has 0 radical (unpaired) electrons. The number of rotatable bonds is 13. The lowest BCUT2D eigenvalue weighted by Crippen LogP contribution is -2.59. The molecule has 0 fully saturated rings. The Hall–Kier alpha value is -4.62. The van der Waals surface area contributed by atoms with E-state index in [9.17, 15) is 33.9 Å². The minimum Gasteiger partial charge on any atom is -0.481 e. The summed E-state index contributed by atoms with van der Waals surface area (Å²) in [6, 6.07) is 2.05. The summed E-state index contributed by atoms with van der Waals surface area (Å²) in [5, 5.41) is 28.9. The highest BCUT2D eigenvalue weighted by atomic mass is 16.6. The van der Waals surface area contributed by atoms with Crippen LogP contribution in [-0.4, -0.2) is 80.7 Å². The van der Waals surface area contributed by atoms with E-state index in [1.54, 1.807) is 40.8 Å². The number of carboxylic acids is 2. The minimum atomic E-state index is -1.71. The van der Waals surface area contributed by atoms with Gasteiger partial charge in [0.05, 0.1) is 6.42 Å². The summed E-state index contributed by atoms with van der Waals surface area (Å²) in [6.45, 7) is 9.63. The number of carbonyl (C=O) groups excluding carboxylic acids is 4. The van der Waals surface area contributed by atoms with Crippen LogP contribution >= 0.6 is 0 Å². The predicted octanol–water partition coefficient (Wildman–Crippen LogP) is 1.29. The van der Waals surface area contributed by atoms with Gasteiger partial charge in [-0.05, 0) is 45.2 Å². The fourth-order valence-electron chi connectivity index (χ4n) is 4.00. The van der Waals surface area contributed by atoms with Gasteiger partial charge in [0.15, 0.2) is 0 Å². The molecule has 230 valence electrons. The Labute approximate surface area is 242 Å². The molecule has 2 aromatic rings. The van der Waals surface area contributed by atoms with Crippen molar-refractivity contribution in [2.45, 2.75) is 84.2 Å². The number of aromatic nitrogens is 1. The second-order valence-corrected chi connectivity index (χ2v) is 11.2. The van der Waals surface area contributed by atoms with E-state index in [1.807, 2.05) is 24.3 Å². The fraction of sp³-hybridized carbons (Fsp3) is 0.500. The number of para-hydroxylation sites is 1. The molecule has 42 heavy (non-hydrogen) atoms. The number of alkyl carbamates (subject to hydrolysis) is 1. The van der Waals surface area contributed by atoms with Crippen LogP contribution in [0.4, 0.5) is 4.79 Å². The Morgan fingerprint density at radius 1 is 0.857 bits per heavy atom. The smallest absolute Gasteiger partial charge is 0.408 e. The van der Waals surface area contributed by atoms with Gasteiger partial charge in [0.1, 0.15) is 29.8 Å². The number of H-pyrrole nitrogens is 1. The van der Waals surface area contributed by atoms with Crippen LogP contribution in [0.25, 0.3) is 10.9 Å². The number of benzene rings is 1. The summed E-state index contributed by atoms with van der Waals surface area (Å²) in [4.78, 5) is 77.3. The van der Waals surface area contributed by atoms with Crippen molar-refractivity contribution in [2.75, 3.05) is 0 Å². The zero-order chi connectivity index (χ0) is 31.8. The maximum Gasteiger partial charge on any atom is 0.408 e. The first-order valence-corrected chi connectivity index (χ1v) is 13.4. The van der Waals surface area contributed by atoms with Gasteiger partial charge in [0, 0.05) is 23.5 Å². The standard InChI is InChI=1S/C28H39N5O9/c1-14(2)22(25(38)32-20(26(39)40)12-21(34)35)33-24(37)19(11-16-13-29-18-10-8-7-9-17(16)18)31-23(36)15(3)30-27(41)42-28(4,5)6/h7-10,13-15,19-20,22,29H,11-12H2,1-6H3,(H,30,41)(H,31,36)(H,32,38)(H,33,37)(H,34,35)(H,39,40)/t15-,19-,20-,22-/m0/s1. The maximum absolute atomic E-state index is 13.6. The Morgan fingerprint density at radius 3 is 2.05 bits per heavy atom. The van der Waals surface area contributed by atoms with Crippen LogP contribution in [0.3, 0.4) is 0 Å². The molecule has 1 aromatic carbocycles. The topological polar surface area (TPSA) is 216 Å². The summed E-state index contributed by atoms with van der Waals surface area (Å²) < 4.78 is 5.19. The largest absolute Gasteiger partial charge is 0.481 e. The fourth-order valence-corrected chi connectivity index (χ4v) is 4.00. The highest BCUT2D eigenvalue weighted by Crippen LogP contribution is 2.19. The minimum absolute atomic E-state index is 0.00391. The van der Waals surface area contributed by atoms with Crippen molar-refractivity contribution >= 4 is 46.7 Å². The first-order valence-electron chi connectivity index (χ1n) is 13.4. The van der Waals surface area contributed by atoms with Crippen LogP contribution < -0.4 is 21.3 Å². The molecule has 2 rings (SSSR count). The molecule has 0 spiro atoms. The van der Waals surface area contributed by atoms with E-state index >= 15 is 0 Å². The average molecular weight is 590 g/mol. The summed E-state index contributed by atoms with van der Waals surface area (Å²) in [6.07, 6.45) is 0.00905. The van der Waals surface area contributed by atoms with Gasteiger partial charge in [-0.2, -0.15) is 0 Å². The number of aromatic amines is 1. The number of hydrogen-bond acceptors (Lipinski definition) is 7. The first kappa shape index (κ1) is 33.6. The number of nitrogens with one attached hydrogen (secondary N) is 5. The van der Waals surface area contributed by atoms with E-state index in [0.717, 1.165) is 10.9 Å². The monoisotopic (exact) mass is 589 g/mol. The zero-order valence-electron chi connectivity index (χ0n) is 24.4. The van der Waals surface area contributed by atoms with Crippen molar-refractivity contribution in [1.82, 2.24) is 26.3 Å². The van der Waals surface area contributed by atoms with Crippen LogP contribution in [-0.2, 0) is 35.1 Å². The van der Waals surface area contributed by atoms with Crippen LogP contribution in [0.2, 0.25) is 0 Å². The Bertz CT molecular complexity index is 1310. The molecule has 4 atom stereocenters. The molecule has 4 amide bonds. The number of carboxylic acid groups (broad SMARTS) is 2. The SMILES string of the molecule is CC(C)[C@H](NC(=O)[C@H](Cc1c[nH]c2ccccc12)NC(=O)[C@H](C)NC(=O)OC(C)(C)C)C(=O)N[C@@H](CC(=O)O)C(=O)O. The van der Waals surface area contributed by atoms with Crippen molar-refractivity contribution in [1.29, 1.82) is 0 Å². The predicted molar refractivity (Wildman–Crippen MR) is 151 cm³/mol. The third-order valence-corrected chi connectivity index (χ3v) is 6.10. The van der Waals surface area contributed by atoms with E-state index in [-0.39, 0.29) is 6.42 Å². The van der Waals surface area contributed by atoms with Crippen LogP contribution in [0.5, 0.6) is 0 Å². The number of fused-ring (bicyclic) bond motifs is 1. The Kier molecular flexibility index (Phi) is 11.5. The van der Waals surface area contributed by atoms with Gasteiger partial charge >= 0.3 is 18.0 Å². The quantitative estimate of drug-likeness (QED) is 0.179. The summed E-state index contributed by atoms with van der Waals surface area (Å²) in [5.41, 5.74) is 0.696. The Morgan fingerprint density at radius 2 is 1.48 bits per heavy atom. The summed E-state index contributed by atoms with van der Waals surface area (Å²) >= 11 is 0. The normalized spacial score (nSPS) is 14.3. The number of ether oxygens (including phenoxy) is 1. The molecule has 14 nitrogen and oxygen atoms in total. The van der Waals surface area contributed by atoms with Gasteiger partial charge in [0.2, 0.25) is 17.7 Å². The molecule has 0 saturated heterocycles. The summed E-state index contributed by atoms with van der Waals surface area (Å²) in [5.74, 6) is -5.86. The molecule has 1 aromatic heterocycles. The van der Waals surface area contributed by atoms with Gasteiger partial charge in [-0.3, -0.25) is 19.2 Å². The van der Waals surface area contributed by atoms with Gasteiger partial charge in [-0.25, -0.2) is 9.59 Å². The van der Waals surface area contributed by atoms with Crippen LogP contribution in [0.15, 0.2) is 30.5 Å². The van der Waals surface area contributed by atoms with Crippen LogP contribution in [0.1, 0.15) is 53.5 Å². The number of amides is 4.